The van der Waals surface area contributed by atoms with E-state index in [4.69, 9.17) is 11.6 Å². The molecule has 22 heavy (non-hydrogen) atoms. The molecule has 3 rings (SSSR count). The second kappa shape index (κ2) is 6.37. The summed E-state index contributed by atoms with van der Waals surface area (Å²) in [5, 5.41) is 1.10. The Balaban J connectivity index is 2.24. The van der Waals surface area contributed by atoms with Gasteiger partial charge < -0.3 is 4.57 Å². The largest absolute Gasteiger partial charge is 0.308 e. The Kier molecular flexibility index (Phi) is 4.30. The van der Waals surface area contributed by atoms with E-state index in [2.05, 4.69) is 37.3 Å². The molecule has 3 heteroatoms. The highest BCUT2D eigenvalue weighted by atomic mass is 35.5. The predicted molar refractivity (Wildman–Crippen MR) is 93.7 cm³/mol. The molecule has 0 bridgehead atoms. The Bertz CT molecular complexity index is 849. The fraction of sp³-hybridized carbons (Fsp3) is 0.211. The Hall–Kier alpha value is -2.06. The number of pyridine rings is 1. The van der Waals surface area contributed by atoms with Crippen LogP contribution in [0.25, 0.3) is 22.0 Å². The van der Waals surface area contributed by atoms with E-state index in [0.717, 1.165) is 28.5 Å². The highest BCUT2D eigenvalue weighted by molar-refractivity contribution is 6.17. The number of aromatic nitrogens is 1. The molecule has 0 aliphatic carbocycles. The topological polar surface area (TPSA) is 22.0 Å². The summed E-state index contributed by atoms with van der Waals surface area (Å²) in [6.07, 6.45) is 0.787. The van der Waals surface area contributed by atoms with E-state index in [1.807, 2.05) is 22.8 Å². The maximum absolute atomic E-state index is 12.5. The maximum Gasteiger partial charge on any atom is 0.251 e. The first-order chi connectivity index (χ1) is 10.7. The Morgan fingerprint density at radius 2 is 1.77 bits per heavy atom. The van der Waals surface area contributed by atoms with Gasteiger partial charge in [0.1, 0.15) is 0 Å². The summed E-state index contributed by atoms with van der Waals surface area (Å²) in [6.45, 7) is 2.71. The average molecular weight is 312 g/mol. The molecule has 1 aromatic heterocycles. The van der Waals surface area contributed by atoms with Crippen LogP contribution in [0.3, 0.4) is 0 Å². The third kappa shape index (κ3) is 2.79. The lowest BCUT2D eigenvalue weighted by atomic mass is 10.00. The summed E-state index contributed by atoms with van der Waals surface area (Å²) in [7, 11) is 0. The molecule has 0 saturated heterocycles. The summed E-state index contributed by atoms with van der Waals surface area (Å²) < 4.78 is 1.81. The number of benzene rings is 2. The third-order valence-electron chi connectivity index (χ3n) is 3.90. The van der Waals surface area contributed by atoms with Gasteiger partial charge in [0.25, 0.3) is 5.56 Å². The summed E-state index contributed by atoms with van der Waals surface area (Å²) >= 11 is 5.78. The Labute approximate surface area is 135 Å². The second-order valence-corrected chi connectivity index (χ2v) is 5.85. The highest BCUT2D eigenvalue weighted by Gasteiger charge is 2.09. The number of rotatable bonds is 4. The summed E-state index contributed by atoms with van der Waals surface area (Å²) in [6, 6.07) is 18.1. The van der Waals surface area contributed by atoms with E-state index < -0.39 is 0 Å². The molecule has 2 nitrogen and oxygen atoms in total. The van der Waals surface area contributed by atoms with Crippen molar-refractivity contribution in [2.45, 2.75) is 19.9 Å². The van der Waals surface area contributed by atoms with E-state index in [0.29, 0.717) is 12.4 Å². The summed E-state index contributed by atoms with van der Waals surface area (Å²) in [4.78, 5) is 12.5. The zero-order valence-corrected chi connectivity index (χ0v) is 13.3. The molecule has 0 amide bonds. The minimum Gasteiger partial charge on any atom is -0.308 e. The number of nitrogens with zero attached hydrogens (tertiary/aromatic N) is 1. The maximum atomic E-state index is 12.5. The highest BCUT2D eigenvalue weighted by Crippen LogP contribution is 2.27. The van der Waals surface area contributed by atoms with Crippen LogP contribution in [0.5, 0.6) is 0 Å². The predicted octanol–water partition coefficient (Wildman–Crippen LogP) is 4.61. The van der Waals surface area contributed by atoms with Crippen molar-refractivity contribution in [2.24, 2.45) is 0 Å². The van der Waals surface area contributed by atoms with E-state index in [1.54, 1.807) is 6.07 Å². The van der Waals surface area contributed by atoms with Gasteiger partial charge >= 0.3 is 0 Å². The summed E-state index contributed by atoms with van der Waals surface area (Å²) in [5.74, 6) is 0.556. The van der Waals surface area contributed by atoms with Gasteiger partial charge in [0, 0.05) is 23.9 Å². The van der Waals surface area contributed by atoms with Crippen LogP contribution >= 0.6 is 11.6 Å². The first-order valence-electron chi connectivity index (χ1n) is 7.46. The van der Waals surface area contributed by atoms with Crippen molar-refractivity contribution in [3.63, 3.8) is 0 Å². The van der Waals surface area contributed by atoms with Gasteiger partial charge in [-0.05, 0) is 30.5 Å². The number of fused-ring (bicyclic) bond motifs is 1. The molecule has 1 heterocycles. The molecule has 0 spiro atoms. The first-order valence-corrected chi connectivity index (χ1v) is 8.00. The average Bonchev–Trinajstić information content (AvgIpc) is 2.54. The minimum atomic E-state index is 0.0272. The second-order valence-electron chi connectivity index (χ2n) is 5.47. The van der Waals surface area contributed by atoms with Gasteiger partial charge in [-0.25, -0.2) is 0 Å². The molecule has 0 aliphatic rings. The zero-order valence-electron chi connectivity index (χ0n) is 12.6. The van der Waals surface area contributed by atoms with Gasteiger partial charge in [0.05, 0.1) is 5.52 Å². The van der Waals surface area contributed by atoms with Gasteiger partial charge in [-0.3, -0.25) is 4.79 Å². The monoisotopic (exact) mass is 311 g/mol. The smallest absolute Gasteiger partial charge is 0.251 e. The number of para-hydroxylation sites is 1. The lowest BCUT2D eigenvalue weighted by Crippen LogP contribution is -2.20. The van der Waals surface area contributed by atoms with Crippen LogP contribution in [-0.2, 0) is 6.54 Å². The third-order valence-corrected chi connectivity index (χ3v) is 4.16. The summed E-state index contributed by atoms with van der Waals surface area (Å²) in [5.41, 5.74) is 4.27. The molecule has 0 N–H and O–H groups in total. The van der Waals surface area contributed by atoms with Crippen LogP contribution in [0.15, 0.2) is 59.4 Å². The van der Waals surface area contributed by atoms with Crippen molar-refractivity contribution in [1.29, 1.82) is 0 Å². The van der Waals surface area contributed by atoms with E-state index in [9.17, 15) is 4.79 Å². The van der Waals surface area contributed by atoms with Gasteiger partial charge in [0.15, 0.2) is 0 Å². The number of alkyl halides is 1. The van der Waals surface area contributed by atoms with E-state index in [1.165, 1.54) is 5.56 Å². The van der Waals surface area contributed by atoms with Crippen LogP contribution in [0.2, 0.25) is 0 Å². The minimum absolute atomic E-state index is 0.0272. The lowest BCUT2D eigenvalue weighted by Gasteiger charge is -2.13. The van der Waals surface area contributed by atoms with Crippen LogP contribution in [0.1, 0.15) is 12.0 Å². The number of hydrogen-bond acceptors (Lipinski definition) is 1. The van der Waals surface area contributed by atoms with E-state index in [-0.39, 0.29) is 5.56 Å². The van der Waals surface area contributed by atoms with Gasteiger partial charge in [0.2, 0.25) is 0 Å². The molecule has 0 atom stereocenters. The molecule has 2 aromatic carbocycles. The number of halogens is 1. The van der Waals surface area contributed by atoms with E-state index >= 15 is 0 Å². The SMILES string of the molecule is Cc1ccc(-c2cc(=O)n(CCCCl)c3ccccc23)cc1. The zero-order chi connectivity index (χ0) is 15.5. The molecule has 0 unspecified atom stereocenters. The van der Waals surface area contributed by atoms with Crippen molar-refractivity contribution < 1.29 is 0 Å². The van der Waals surface area contributed by atoms with Crippen LogP contribution in [-0.4, -0.2) is 10.4 Å². The van der Waals surface area contributed by atoms with Gasteiger partial charge in [-0.15, -0.1) is 11.6 Å². The Morgan fingerprint density at radius 3 is 2.50 bits per heavy atom. The molecular weight excluding hydrogens is 294 g/mol. The molecular formula is C19H18ClNO. The number of hydrogen-bond donors (Lipinski definition) is 0. The van der Waals surface area contributed by atoms with Crippen LogP contribution in [0, 0.1) is 6.92 Å². The lowest BCUT2D eigenvalue weighted by molar-refractivity contribution is 0.682. The van der Waals surface area contributed by atoms with Crippen molar-refractivity contribution in [3.8, 4) is 11.1 Å². The molecule has 0 saturated carbocycles. The van der Waals surface area contributed by atoms with Gasteiger partial charge in [-0.1, -0.05) is 48.0 Å². The normalized spacial score (nSPS) is 11.0. The Morgan fingerprint density at radius 1 is 1.05 bits per heavy atom. The van der Waals surface area contributed by atoms with Crippen molar-refractivity contribution in [2.75, 3.05) is 5.88 Å². The number of aryl methyl sites for hydroxylation is 2. The van der Waals surface area contributed by atoms with Crippen molar-refractivity contribution in [1.82, 2.24) is 4.57 Å². The van der Waals surface area contributed by atoms with Gasteiger partial charge in [-0.2, -0.15) is 0 Å². The fourth-order valence-corrected chi connectivity index (χ4v) is 2.87. The molecule has 0 aliphatic heterocycles. The molecule has 112 valence electrons. The standard InChI is InChI=1S/C19H18ClNO/c1-14-7-9-15(10-8-14)17-13-19(22)21(12-4-11-20)18-6-3-2-5-16(17)18/h2-3,5-10,13H,4,11-12H2,1H3. The fourth-order valence-electron chi connectivity index (χ4n) is 2.76. The first kappa shape index (κ1) is 14.9. The molecule has 0 fully saturated rings. The van der Waals surface area contributed by atoms with Crippen LogP contribution in [0.4, 0.5) is 0 Å². The quantitative estimate of drug-likeness (QED) is 0.645. The van der Waals surface area contributed by atoms with Crippen LogP contribution < -0.4 is 5.56 Å². The van der Waals surface area contributed by atoms with Crippen molar-refractivity contribution in [3.05, 3.63) is 70.5 Å². The van der Waals surface area contributed by atoms with Crippen molar-refractivity contribution >= 4 is 22.5 Å². The molecule has 0 radical (unpaired) electrons. The molecule has 3 aromatic rings.